The van der Waals surface area contributed by atoms with Gasteiger partial charge in [-0.25, -0.2) is 9.37 Å². The van der Waals surface area contributed by atoms with Crippen molar-refractivity contribution in [2.45, 2.75) is 50.6 Å². The second-order valence-corrected chi connectivity index (χ2v) is 10.3. The summed E-state index contributed by atoms with van der Waals surface area (Å²) in [6.45, 7) is 1.83. The highest BCUT2D eigenvalue weighted by atomic mass is 19.1. The van der Waals surface area contributed by atoms with Gasteiger partial charge in [-0.05, 0) is 61.9 Å². The van der Waals surface area contributed by atoms with E-state index in [4.69, 9.17) is 9.97 Å². The summed E-state index contributed by atoms with van der Waals surface area (Å²) < 4.78 is 14.8. The number of halogens is 1. The van der Waals surface area contributed by atoms with Gasteiger partial charge in [0.25, 0.3) is 0 Å². The Hall–Kier alpha value is -4.00. The van der Waals surface area contributed by atoms with E-state index in [1.54, 1.807) is 6.07 Å². The number of rotatable bonds is 7. The molecule has 0 saturated heterocycles. The Balaban J connectivity index is 1.17. The molecule has 7 heteroatoms. The maximum atomic E-state index is 14.8. The van der Waals surface area contributed by atoms with Crippen LogP contribution in [0.5, 0.6) is 0 Å². The summed E-state index contributed by atoms with van der Waals surface area (Å²) in [6, 6.07) is 22.9. The van der Waals surface area contributed by atoms with E-state index in [1.165, 1.54) is 6.07 Å². The molecule has 1 fully saturated rings. The van der Waals surface area contributed by atoms with Gasteiger partial charge in [0.2, 0.25) is 11.9 Å². The van der Waals surface area contributed by atoms with Crippen molar-refractivity contribution in [1.29, 1.82) is 0 Å². The topological polar surface area (TPSA) is 70.2 Å². The maximum Gasteiger partial charge on any atom is 0.227 e. The van der Waals surface area contributed by atoms with Gasteiger partial charge in [0.1, 0.15) is 11.6 Å². The number of nitrogens with one attached hydrogen (secondary N) is 2. The minimum atomic E-state index is -0.430. The summed E-state index contributed by atoms with van der Waals surface area (Å²) in [7, 11) is 3.97. The summed E-state index contributed by atoms with van der Waals surface area (Å²) >= 11 is 0. The molecule has 1 aromatic heterocycles. The second-order valence-electron chi connectivity index (χ2n) is 10.3. The second kappa shape index (κ2) is 11.2. The number of para-hydroxylation sites is 1. The van der Waals surface area contributed by atoms with Crippen LogP contribution >= 0.6 is 0 Å². The Labute approximate surface area is 223 Å². The van der Waals surface area contributed by atoms with Crippen molar-refractivity contribution in [2.24, 2.45) is 0 Å². The van der Waals surface area contributed by atoms with Gasteiger partial charge >= 0.3 is 0 Å². The molecule has 1 aliphatic carbocycles. The van der Waals surface area contributed by atoms with Crippen molar-refractivity contribution < 1.29 is 9.18 Å². The van der Waals surface area contributed by atoms with E-state index in [9.17, 15) is 9.18 Å². The first-order chi connectivity index (χ1) is 18.4. The van der Waals surface area contributed by atoms with Crippen molar-refractivity contribution in [3.8, 4) is 11.1 Å². The van der Waals surface area contributed by atoms with Gasteiger partial charge in [-0.3, -0.25) is 4.79 Å². The lowest BCUT2D eigenvalue weighted by atomic mass is 9.90. The van der Waals surface area contributed by atoms with Crippen molar-refractivity contribution in [2.75, 3.05) is 24.3 Å². The van der Waals surface area contributed by atoms with E-state index < -0.39 is 5.92 Å². The van der Waals surface area contributed by atoms with Crippen LogP contribution in [0.2, 0.25) is 0 Å². The minimum absolute atomic E-state index is 0.0678. The van der Waals surface area contributed by atoms with Crippen LogP contribution in [0.4, 0.5) is 16.2 Å². The highest BCUT2D eigenvalue weighted by molar-refractivity contribution is 5.90. The van der Waals surface area contributed by atoms with Crippen LogP contribution in [0.3, 0.4) is 0 Å². The molecule has 1 heterocycles. The molecular formula is C31H34FN5O. The third-order valence-corrected chi connectivity index (χ3v) is 7.38. The molecule has 1 saturated carbocycles. The molecule has 0 spiro atoms. The summed E-state index contributed by atoms with van der Waals surface area (Å²) in [5.41, 5.74) is 2.96. The van der Waals surface area contributed by atoms with Crippen LogP contribution in [0.25, 0.3) is 22.0 Å². The number of hydrogen-bond donors (Lipinski definition) is 2. The van der Waals surface area contributed by atoms with Gasteiger partial charge in [0.15, 0.2) is 0 Å². The lowest BCUT2D eigenvalue weighted by molar-refractivity contribution is -0.123. The molecule has 2 N–H and O–H groups in total. The van der Waals surface area contributed by atoms with Crippen molar-refractivity contribution >= 4 is 28.6 Å². The number of aromatic nitrogens is 2. The van der Waals surface area contributed by atoms with Crippen LogP contribution in [-0.4, -0.2) is 42.1 Å². The highest BCUT2D eigenvalue weighted by Gasteiger charge is 2.26. The Kier molecular flexibility index (Phi) is 7.54. The monoisotopic (exact) mass is 511 g/mol. The molecule has 196 valence electrons. The molecule has 6 nitrogen and oxygen atoms in total. The highest BCUT2D eigenvalue weighted by Crippen LogP contribution is 2.28. The van der Waals surface area contributed by atoms with Crippen LogP contribution in [0, 0.1) is 5.82 Å². The van der Waals surface area contributed by atoms with E-state index in [-0.39, 0.29) is 23.8 Å². The van der Waals surface area contributed by atoms with E-state index in [0.29, 0.717) is 17.1 Å². The van der Waals surface area contributed by atoms with Gasteiger partial charge in [0, 0.05) is 37.1 Å². The molecule has 1 aliphatic rings. The standard InChI is InChI=1S/C31H34FN5O/c1-20(22-13-18-25(27(32)19-22)21-9-5-4-6-10-21)30(38)33-23-14-16-24(17-15-23)34-31-35-28-12-8-7-11-26(28)29(36-31)37(2)3/h4-13,18-20,23-24H,14-17H2,1-3H3,(H,33,38)(H,34,35,36)/t20?,23-,24+. The number of carbonyl (C=O) groups is 1. The van der Waals surface area contributed by atoms with E-state index in [1.807, 2.05) is 86.6 Å². The van der Waals surface area contributed by atoms with Crippen LogP contribution in [-0.2, 0) is 4.79 Å². The molecule has 0 bridgehead atoms. The normalized spacial score (nSPS) is 18.1. The van der Waals surface area contributed by atoms with Crippen molar-refractivity contribution in [3.63, 3.8) is 0 Å². The SMILES string of the molecule is CC(C(=O)N[C@H]1CC[C@@H](Nc2nc(N(C)C)c3ccccc3n2)CC1)c1ccc(-c2ccccc2)c(F)c1. The fourth-order valence-electron chi connectivity index (χ4n) is 5.16. The average Bonchev–Trinajstić information content (AvgIpc) is 2.93. The number of nitrogens with zero attached hydrogens (tertiary/aromatic N) is 3. The first kappa shape index (κ1) is 25.6. The number of anilines is 2. The predicted octanol–water partition coefficient (Wildman–Crippen LogP) is 6.14. The lowest BCUT2D eigenvalue weighted by Crippen LogP contribution is -2.41. The fraction of sp³-hybridized carbons (Fsp3) is 0.323. The third kappa shape index (κ3) is 5.62. The zero-order valence-corrected chi connectivity index (χ0v) is 22.1. The Morgan fingerprint density at radius 2 is 1.61 bits per heavy atom. The first-order valence-corrected chi connectivity index (χ1v) is 13.2. The quantitative estimate of drug-likeness (QED) is 0.312. The number of benzene rings is 3. The van der Waals surface area contributed by atoms with Gasteiger partial charge in [0.05, 0.1) is 11.4 Å². The van der Waals surface area contributed by atoms with Crippen LogP contribution in [0.1, 0.15) is 44.1 Å². The summed E-state index contributed by atoms with van der Waals surface area (Å²) in [4.78, 5) is 24.5. The van der Waals surface area contributed by atoms with E-state index in [2.05, 4.69) is 10.6 Å². The predicted molar refractivity (Wildman–Crippen MR) is 152 cm³/mol. The largest absolute Gasteiger partial charge is 0.362 e. The molecule has 1 atom stereocenters. The molecule has 1 unspecified atom stereocenters. The molecule has 1 amide bonds. The molecule has 5 rings (SSSR count). The Morgan fingerprint density at radius 1 is 0.921 bits per heavy atom. The summed E-state index contributed by atoms with van der Waals surface area (Å²) in [5.74, 6) is 0.714. The third-order valence-electron chi connectivity index (χ3n) is 7.38. The van der Waals surface area contributed by atoms with Crippen molar-refractivity contribution in [3.05, 3.63) is 84.2 Å². The maximum absolute atomic E-state index is 14.8. The summed E-state index contributed by atoms with van der Waals surface area (Å²) in [5, 5.41) is 7.73. The van der Waals surface area contributed by atoms with E-state index in [0.717, 1.165) is 48.0 Å². The first-order valence-electron chi connectivity index (χ1n) is 13.2. The number of amides is 1. The number of fused-ring (bicyclic) bond motifs is 1. The van der Waals surface area contributed by atoms with Gasteiger partial charge < -0.3 is 15.5 Å². The molecular weight excluding hydrogens is 477 g/mol. The Bertz CT molecular complexity index is 1420. The molecule has 38 heavy (non-hydrogen) atoms. The van der Waals surface area contributed by atoms with Crippen LogP contribution in [0.15, 0.2) is 72.8 Å². The number of hydrogen-bond acceptors (Lipinski definition) is 5. The van der Waals surface area contributed by atoms with Gasteiger partial charge in [-0.15, -0.1) is 0 Å². The average molecular weight is 512 g/mol. The zero-order chi connectivity index (χ0) is 26.6. The van der Waals surface area contributed by atoms with E-state index >= 15 is 0 Å². The molecule has 0 aliphatic heterocycles. The minimum Gasteiger partial charge on any atom is -0.362 e. The van der Waals surface area contributed by atoms with Gasteiger partial charge in [-0.2, -0.15) is 4.98 Å². The smallest absolute Gasteiger partial charge is 0.227 e. The van der Waals surface area contributed by atoms with Crippen molar-refractivity contribution in [1.82, 2.24) is 15.3 Å². The molecule has 4 aromatic rings. The van der Waals surface area contributed by atoms with Crippen LogP contribution < -0.4 is 15.5 Å². The number of carbonyl (C=O) groups excluding carboxylic acids is 1. The lowest BCUT2D eigenvalue weighted by Gasteiger charge is -2.30. The van der Waals surface area contributed by atoms with Gasteiger partial charge in [-0.1, -0.05) is 54.6 Å². The Morgan fingerprint density at radius 3 is 2.32 bits per heavy atom. The molecule has 3 aromatic carbocycles. The fourth-order valence-corrected chi connectivity index (χ4v) is 5.16. The molecule has 0 radical (unpaired) electrons. The zero-order valence-electron chi connectivity index (χ0n) is 22.1. The summed E-state index contributed by atoms with van der Waals surface area (Å²) in [6.07, 6.45) is 3.55.